The third kappa shape index (κ3) is 3.30. The Bertz CT molecular complexity index is 1340. The molecule has 146 valence electrons. The van der Waals surface area contributed by atoms with Gasteiger partial charge in [-0.3, -0.25) is 9.36 Å². The largest absolute Gasteiger partial charge is 0.337 e. The molecule has 4 aromatic rings. The topological polar surface area (TPSA) is 61.8 Å². The third-order valence-electron chi connectivity index (χ3n) is 4.60. The molecule has 0 aliphatic heterocycles. The summed E-state index contributed by atoms with van der Waals surface area (Å²) >= 11 is 6.26. The summed E-state index contributed by atoms with van der Waals surface area (Å²) in [6.07, 6.45) is 2.96. The van der Waals surface area contributed by atoms with Crippen molar-refractivity contribution in [1.82, 2.24) is 18.7 Å². The Labute approximate surface area is 169 Å². The van der Waals surface area contributed by atoms with Crippen molar-refractivity contribution in [2.75, 3.05) is 0 Å². The van der Waals surface area contributed by atoms with Crippen molar-refractivity contribution in [2.45, 2.75) is 13.1 Å². The van der Waals surface area contributed by atoms with E-state index in [4.69, 9.17) is 11.6 Å². The Balaban J connectivity index is 2.01. The minimum atomic E-state index is -0.572. The number of imidazole rings is 1. The van der Waals surface area contributed by atoms with Gasteiger partial charge in [0.25, 0.3) is 5.56 Å². The van der Waals surface area contributed by atoms with Crippen LogP contribution in [0, 0.1) is 5.82 Å². The highest BCUT2D eigenvalue weighted by molar-refractivity contribution is 6.31. The molecule has 6 nitrogen and oxygen atoms in total. The third-order valence-corrected chi connectivity index (χ3v) is 4.96. The Morgan fingerprint density at radius 1 is 1.10 bits per heavy atom. The van der Waals surface area contributed by atoms with E-state index in [0.717, 1.165) is 10.1 Å². The highest BCUT2D eigenvalue weighted by Crippen LogP contribution is 2.19. The molecule has 0 spiro atoms. The van der Waals surface area contributed by atoms with Gasteiger partial charge < -0.3 is 4.57 Å². The molecule has 0 atom stereocenters. The van der Waals surface area contributed by atoms with E-state index in [1.165, 1.54) is 41.2 Å². The SMILES string of the molecule is C=CCn1c(=O)c2c(ncn2Cc2ccccc2Cl)n(-c2ccc(F)cc2)c1=O. The number of hydrogen-bond acceptors (Lipinski definition) is 3. The number of benzene rings is 2. The predicted molar refractivity (Wildman–Crippen MR) is 110 cm³/mol. The van der Waals surface area contributed by atoms with Crippen LogP contribution >= 0.6 is 11.6 Å². The van der Waals surface area contributed by atoms with E-state index in [1.807, 2.05) is 18.2 Å². The molecule has 2 aromatic carbocycles. The van der Waals surface area contributed by atoms with Crippen LogP contribution in [-0.4, -0.2) is 18.7 Å². The van der Waals surface area contributed by atoms with Gasteiger partial charge in [0, 0.05) is 11.6 Å². The minimum Gasteiger partial charge on any atom is -0.320 e. The zero-order valence-corrected chi connectivity index (χ0v) is 16.0. The summed E-state index contributed by atoms with van der Waals surface area (Å²) < 4.78 is 17.4. The molecule has 0 aliphatic carbocycles. The first-order chi connectivity index (χ1) is 14.0. The van der Waals surface area contributed by atoms with E-state index in [9.17, 15) is 14.0 Å². The lowest BCUT2D eigenvalue weighted by Gasteiger charge is -2.12. The molecule has 29 heavy (non-hydrogen) atoms. The zero-order chi connectivity index (χ0) is 20.5. The molecule has 0 fully saturated rings. The summed E-state index contributed by atoms with van der Waals surface area (Å²) in [5, 5.41) is 0.563. The summed E-state index contributed by atoms with van der Waals surface area (Å²) in [7, 11) is 0. The van der Waals surface area contributed by atoms with Crippen LogP contribution in [0.15, 0.2) is 77.1 Å². The van der Waals surface area contributed by atoms with E-state index in [2.05, 4.69) is 11.6 Å². The molecule has 4 rings (SSSR count). The van der Waals surface area contributed by atoms with Gasteiger partial charge in [0.2, 0.25) is 0 Å². The number of aromatic nitrogens is 4. The number of nitrogens with zero attached hydrogens (tertiary/aromatic N) is 4. The van der Waals surface area contributed by atoms with Gasteiger partial charge >= 0.3 is 5.69 Å². The van der Waals surface area contributed by atoms with E-state index in [1.54, 1.807) is 10.6 Å². The van der Waals surface area contributed by atoms with Gasteiger partial charge in [-0.05, 0) is 35.9 Å². The van der Waals surface area contributed by atoms with Crippen LogP contribution in [0.1, 0.15) is 5.56 Å². The Morgan fingerprint density at radius 3 is 2.52 bits per heavy atom. The smallest absolute Gasteiger partial charge is 0.320 e. The first-order valence-corrected chi connectivity index (χ1v) is 9.20. The summed E-state index contributed by atoms with van der Waals surface area (Å²) in [5.74, 6) is -0.429. The minimum absolute atomic E-state index is 0.0338. The van der Waals surface area contributed by atoms with Crippen LogP contribution in [0.5, 0.6) is 0 Å². The first kappa shape index (κ1) is 18.9. The lowest BCUT2D eigenvalue weighted by molar-refractivity contribution is 0.626. The summed E-state index contributed by atoms with van der Waals surface area (Å²) in [6.45, 7) is 3.96. The second kappa shape index (κ2) is 7.52. The highest BCUT2D eigenvalue weighted by Gasteiger charge is 2.19. The van der Waals surface area contributed by atoms with Gasteiger partial charge in [0.05, 0.1) is 18.6 Å². The molecule has 0 radical (unpaired) electrons. The first-order valence-electron chi connectivity index (χ1n) is 8.82. The molecule has 0 saturated carbocycles. The fraction of sp³-hybridized carbons (Fsp3) is 0.0952. The van der Waals surface area contributed by atoms with Crippen molar-refractivity contribution >= 4 is 22.8 Å². The van der Waals surface area contributed by atoms with Crippen molar-refractivity contribution < 1.29 is 4.39 Å². The maximum Gasteiger partial charge on any atom is 0.337 e. The number of fused-ring (bicyclic) bond motifs is 1. The van der Waals surface area contributed by atoms with Gasteiger partial charge in [-0.15, -0.1) is 6.58 Å². The van der Waals surface area contributed by atoms with Gasteiger partial charge in [-0.1, -0.05) is 35.9 Å². The fourth-order valence-corrected chi connectivity index (χ4v) is 3.42. The second-order valence-electron chi connectivity index (χ2n) is 6.43. The Kier molecular flexibility index (Phi) is 4.90. The molecule has 0 bridgehead atoms. The Morgan fingerprint density at radius 2 is 1.83 bits per heavy atom. The quantitative estimate of drug-likeness (QED) is 0.474. The van der Waals surface area contributed by atoms with Crippen molar-refractivity contribution in [2.24, 2.45) is 0 Å². The lowest BCUT2D eigenvalue weighted by atomic mass is 10.2. The van der Waals surface area contributed by atoms with Crippen molar-refractivity contribution in [3.05, 3.63) is 105 Å². The second-order valence-corrected chi connectivity index (χ2v) is 6.84. The van der Waals surface area contributed by atoms with Crippen LogP contribution in [0.4, 0.5) is 4.39 Å². The van der Waals surface area contributed by atoms with E-state index in [0.29, 0.717) is 17.3 Å². The van der Waals surface area contributed by atoms with Crippen LogP contribution in [0.25, 0.3) is 16.9 Å². The highest BCUT2D eigenvalue weighted by atomic mass is 35.5. The number of halogens is 2. The average molecular weight is 411 g/mol. The van der Waals surface area contributed by atoms with Crippen molar-refractivity contribution in [3.63, 3.8) is 0 Å². The predicted octanol–water partition coefficient (Wildman–Crippen LogP) is 3.38. The zero-order valence-electron chi connectivity index (χ0n) is 15.3. The van der Waals surface area contributed by atoms with Crippen LogP contribution in [0.2, 0.25) is 5.02 Å². The normalized spacial score (nSPS) is 11.1. The summed E-state index contributed by atoms with van der Waals surface area (Å²) in [6, 6.07) is 12.7. The molecular weight excluding hydrogens is 395 g/mol. The standard InChI is InChI=1S/C21H16ClFN4O2/c1-2-11-26-20(28)18-19(27(21(26)29)16-9-7-15(23)8-10-16)24-13-25(18)12-14-5-3-4-6-17(14)22/h2-10,13H,1,11-12H2. The molecule has 0 N–H and O–H groups in total. The van der Waals surface area contributed by atoms with Crippen LogP contribution in [0.3, 0.4) is 0 Å². The number of rotatable bonds is 5. The maximum absolute atomic E-state index is 13.4. The Hall–Kier alpha value is -3.45. The summed E-state index contributed by atoms with van der Waals surface area (Å²) in [4.78, 5) is 30.4. The maximum atomic E-state index is 13.4. The molecular formula is C21H16ClFN4O2. The molecule has 0 unspecified atom stereocenters. The van der Waals surface area contributed by atoms with E-state index >= 15 is 0 Å². The number of allylic oxidation sites excluding steroid dienone is 1. The van der Waals surface area contributed by atoms with Crippen LogP contribution < -0.4 is 11.2 Å². The molecule has 2 aromatic heterocycles. The molecule has 0 aliphatic rings. The monoisotopic (exact) mass is 410 g/mol. The average Bonchev–Trinajstić information content (AvgIpc) is 3.12. The van der Waals surface area contributed by atoms with Gasteiger partial charge in [-0.2, -0.15) is 0 Å². The van der Waals surface area contributed by atoms with Gasteiger partial charge in [-0.25, -0.2) is 18.7 Å². The van der Waals surface area contributed by atoms with Crippen LogP contribution in [-0.2, 0) is 13.1 Å². The van der Waals surface area contributed by atoms with Gasteiger partial charge in [0.1, 0.15) is 5.82 Å². The van der Waals surface area contributed by atoms with Crippen molar-refractivity contribution in [3.8, 4) is 5.69 Å². The van der Waals surface area contributed by atoms with E-state index in [-0.39, 0.29) is 17.7 Å². The summed E-state index contributed by atoms with van der Waals surface area (Å²) in [5.41, 5.74) is 0.601. The lowest BCUT2D eigenvalue weighted by Crippen LogP contribution is -2.39. The molecule has 0 amide bonds. The molecule has 8 heteroatoms. The van der Waals surface area contributed by atoms with E-state index < -0.39 is 17.1 Å². The van der Waals surface area contributed by atoms with Gasteiger partial charge in [0.15, 0.2) is 11.2 Å². The molecule has 2 heterocycles. The van der Waals surface area contributed by atoms with Crippen molar-refractivity contribution in [1.29, 1.82) is 0 Å². The number of hydrogen-bond donors (Lipinski definition) is 0. The molecule has 0 saturated heterocycles. The fourth-order valence-electron chi connectivity index (χ4n) is 3.22.